The smallest absolute Gasteiger partial charge is 0.110 e. The molecule has 1 aliphatic rings. The van der Waals surface area contributed by atoms with Crippen LogP contribution in [-0.2, 0) is 5.41 Å². The lowest BCUT2D eigenvalue weighted by Crippen LogP contribution is -2.12. The third-order valence-electron chi connectivity index (χ3n) is 4.39. The third-order valence-corrected chi connectivity index (χ3v) is 4.39. The molecule has 2 aromatic carbocycles. The van der Waals surface area contributed by atoms with Crippen LogP contribution in [0.5, 0.6) is 0 Å². The standard InChI is InChI=1S/C18H16N2/c1-3-7-14(8-4-1)18(15-9-5-2-6-10-15)13-16(18)17-19-11-12-20-17/h1-12,16H,13H2,(H,19,20). The number of nitrogens with zero attached hydrogens (tertiary/aromatic N) is 1. The highest BCUT2D eigenvalue weighted by Gasteiger charge is 2.58. The van der Waals surface area contributed by atoms with Crippen molar-refractivity contribution in [3.63, 3.8) is 0 Å². The average molecular weight is 260 g/mol. The SMILES string of the molecule is c1ccc(C2(c3ccccc3)CC2c2ncc[nH]2)cc1. The average Bonchev–Trinajstić information content (AvgIpc) is 3.06. The van der Waals surface area contributed by atoms with E-state index in [9.17, 15) is 0 Å². The summed E-state index contributed by atoms with van der Waals surface area (Å²) in [5.41, 5.74) is 2.85. The number of rotatable bonds is 3. The van der Waals surface area contributed by atoms with Crippen molar-refractivity contribution in [2.45, 2.75) is 17.8 Å². The fraction of sp³-hybridized carbons (Fsp3) is 0.167. The number of benzene rings is 2. The van der Waals surface area contributed by atoms with Gasteiger partial charge in [0.15, 0.2) is 0 Å². The predicted molar refractivity (Wildman–Crippen MR) is 79.6 cm³/mol. The number of H-pyrrole nitrogens is 1. The molecule has 0 aliphatic heterocycles. The minimum Gasteiger partial charge on any atom is -0.348 e. The van der Waals surface area contributed by atoms with Crippen LogP contribution in [0, 0.1) is 0 Å². The van der Waals surface area contributed by atoms with E-state index in [0.29, 0.717) is 5.92 Å². The van der Waals surface area contributed by atoms with Crippen molar-refractivity contribution >= 4 is 0 Å². The predicted octanol–water partition coefficient (Wildman–Crippen LogP) is 3.88. The van der Waals surface area contributed by atoms with Gasteiger partial charge < -0.3 is 4.98 Å². The lowest BCUT2D eigenvalue weighted by Gasteiger charge is -2.18. The molecular weight excluding hydrogens is 244 g/mol. The topological polar surface area (TPSA) is 28.7 Å². The first-order valence-electron chi connectivity index (χ1n) is 7.01. The lowest BCUT2D eigenvalue weighted by atomic mass is 9.85. The minimum absolute atomic E-state index is 0.0837. The summed E-state index contributed by atoms with van der Waals surface area (Å²) in [5.74, 6) is 1.54. The lowest BCUT2D eigenvalue weighted by molar-refractivity contribution is 0.778. The van der Waals surface area contributed by atoms with E-state index in [0.717, 1.165) is 12.2 Å². The van der Waals surface area contributed by atoms with Crippen molar-refractivity contribution in [1.29, 1.82) is 0 Å². The molecule has 4 rings (SSSR count). The first kappa shape index (κ1) is 11.5. The number of hydrogen-bond acceptors (Lipinski definition) is 1. The molecule has 0 radical (unpaired) electrons. The van der Waals surface area contributed by atoms with E-state index in [-0.39, 0.29) is 5.41 Å². The summed E-state index contributed by atoms with van der Waals surface area (Å²) < 4.78 is 0. The summed E-state index contributed by atoms with van der Waals surface area (Å²) in [6.07, 6.45) is 4.87. The van der Waals surface area contributed by atoms with Crippen LogP contribution < -0.4 is 0 Å². The molecule has 0 amide bonds. The second-order valence-corrected chi connectivity index (χ2v) is 5.43. The largest absolute Gasteiger partial charge is 0.348 e. The van der Waals surface area contributed by atoms with Crippen LogP contribution in [-0.4, -0.2) is 9.97 Å². The van der Waals surface area contributed by atoms with E-state index >= 15 is 0 Å². The van der Waals surface area contributed by atoms with Crippen LogP contribution in [0.3, 0.4) is 0 Å². The van der Waals surface area contributed by atoms with Crippen molar-refractivity contribution in [2.24, 2.45) is 0 Å². The van der Waals surface area contributed by atoms with Crippen molar-refractivity contribution in [3.05, 3.63) is 90.0 Å². The highest BCUT2D eigenvalue weighted by molar-refractivity contribution is 5.51. The van der Waals surface area contributed by atoms with Gasteiger partial charge in [-0.3, -0.25) is 0 Å². The van der Waals surface area contributed by atoms with Crippen molar-refractivity contribution < 1.29 is 0 Å². The zero-order valence-electron chi connectivity index (χ0n) is 11.2. The van der Waals surface area contributed by atoms with Gasteiger partial charge >= 0.3 is 0 Å². The van der Waals surface area contributed by atoms with Gasteiger partial charge in [0.05, 0.1) is 0 Å². The molecule has 0 saturated heterocycles. The normalized spacial score (nSPS) is 19.7. The van der Waals surface area contributed by atoms with Crippen molar-refractivity contribution in [3.8, 4) is 0 Å². The van der Waals surface area contributed by atoms with Gasteiger partial charge in [0.25, 0.3) is 0 Å². The van der Waals surface area contributed by atoms with Crippen LogP contribution in [0.15, 0.2) is 73.1 Å². The Balaban J connectivity index is 1.84. The fourth-order valence-corrected chi connectivity index (χ4v) is 3.34. The number of nitrogens with one attached hydrogen (secondary N) is 1. The van der Waals surface area contributed by atoms with Crippen LogP contribution in [0.1, 0.15) is 29.3 Å². The molecule has 1 heterocycles. The van der Waals surface area contributed by atoms with Gasteiger partial charge in [-0.05, 0) is 17.5 Å². The highest BCUT2D eigenvalue weighted by atomic mass is 14.9. The van der Waals surface area contributed by atoms with Crippen LogP contribution >= 0.6 is 0 Å². The molecule has 1 N–H and O–H groups in total. The second-order valence-electron chi connectivity index (χ2n) is 5.43. The molecule has 20 heavy (non-hydrogen) atoms. The van der Waals surface area contributed by atoms with Crippen LogP contribution in [0.2, 0.25) is 0 Å². The Morgan fingerprint density at radius 2 is 1.50 bits per heavy atom. The Hall–Kier alpha value is -2.35. The Morgan fingerprint density at radius 1 is 0.900 bits per heavy atom. The molecule has 1 atom stereocenters. The fourth-order valence-electron chi connectivity index (χ4n) is 3.34. The molecule has 2 nitrogen and oxygen atoms in total. The van der Waals surface area contributed by atoms with Gasteiger partial charge in [-0.15, -0.1) is 0 Å². The molecule has 2 heteroatoms. The summed E-state index contributed by atoms with van der Waals surface area (Å²) in [6.45, 7) is 0. The maximum Gasteiger partial charge on any atom is 0.110 e. The molecular formula is C18H16N2. The van der Waals surface area contributed by atoms with Gasteiger partial charge in [0.1, 0.15) is 5.82 Å². The maximum atomic E-state index is 4.47. The highest BCUT2D eigenvalue weighted by Crippen LogP contribution is 2.63. The molecule has 3 aromatic rings. The van der Waals surface area contributed by atoms with E-state index in [1.54, 1.807) is 0 Å². The molecule has 1 fully saturated rings. The Morgan fingerprint density at radius 3 is 2.00 bits per heavy atom. The molecule has 0 spiro atoms. The number of imidazole rings is 1. The van der Waals surface area contributed by atoms with E-state index in [1.807, 2.05) is 12.4 Å². The second kappa shape index (κ2) is 4.34. The first-order valence-corrected chi connectivity index (χ1v) is 7.01. The molecule has 1 aliphatic carbocycles. The summed E-state index contributed by atoms with van der Waals surface area (Å²) in [7, 11) is 0. The van der Waals surface area contributed by atoms with Crippen molar-refractivity contribution in [1.82, 2.24) is 9.97 Å². The monoisotopic (exact) mass is 260 g/mol. The van der Waals surface area contributed by atoms with Crippen LogP contribution in [0.25, 0.3) is 0 Å². The summed E-state index contributed by atoms with van der Waals surface area (Å²) in [4.78, 5) is 7.75. The Labute approximate surface area is 118 Å². The molecule has 98 valence electrons. The molecule has 1 aromatic heterocycles. The summed E-state index contributed by atoms with van der Waals surface area (Å²) >= 11 is 0. The first-order chi connectivity index (χ1) is 9.91. The molecule has 1 saturated carbocycles. The van der Waals surface area contributed by atoms with Gasteiger partial charge in [0, 0.05) is 23.7 Å². The summed E-state index contributed by atoms with van der Waals surface area (Å²) in [5, 5.41) is 0. The minimum atomic E-state index is 0.0837. The number of hydrogen-bond donors (Lipinski definition) is 1. The number of aromatic nitrogens is 2. The zero-order chi connectivity index (χ0) is 13.4. The van der Waals surface area contributed by atoms with Gasteiger partial charge in [-0.25, -0.2) is 4.98 Å². The molecule has 1 unspecified atom stereocenters. The van der Waals surface area contributed by atoms with Gasteiger partial charge in [-0.2, -0.15) is 0 Å². The van der Waals surface area contributed by atoms with E-state index in [1.165, 1.54) is 11.1 Å². The number of aromatic amines is 1. The zero-order valence-corrected chi connectivity index (χ0v) is 11.2. The van der Waals surface area contributed by atoms with Crippen LogP contribution in [0.4, 0.5) is 0 Å². The van der Waals surface area contributed by atoms with E-state index in [2.05, 4.69) is 70.6 Å². The van der Waals surface area contributed by atoms with Gasteiger partial charge in [-0.1, -0.05) is 60.7 Å². The van der Waals surface area contributed by atoms with E-state index < -0.39 is 0 Å². The third kappa shape index (κ3) is 1.61. The summed E-state index contributed by atoms with van der Waals surface area (Å²) in [6, 6.07) is 21.6. The van der Waals surface area contributed by atoms with Crippen molar-refractivity contribution in [2.75, 3.05) is 0 Å². The molecule has 0 bridgehead atoms. The quantitative estimate of drug-likeness (QED) is 0.760. The maximum absolute atomic E-state index is 4.47. The van der Waals surface area contributed by atoms with E-state index in [4.69, 9.17) is 0 Å². The Bertz CT molecular complexity index is 647. The van der Waals surface area contributed by atoms with Gasteiger partial charge in [0.2, 0.25) is 0 Å². The Kier molecular flexibility index (Phi) is 2.49.